The Balaban J connectivity index is 1.81. The van der Waals surface area contributed by atoms with Crippen molar-refractivity contribution in [3.63, 3.8) is 0 Å². The molecule has 0 saturated heterocycles. The summed E-state index contributed by atoms with van der Waals surface area (Å²) in [7, 11) is -2.85. The molecule has 0 aliphatic carbocycles. The van der Waals surface area contributed by atoms with E-state index in [4.69, 9.17) is 23.2 Å². The molecule has 6 nitrogen and oxygen atoms in total. The zero-order valence-electron chi connectivity index (χ0n) is 14.7. The van der Waals surface area contributed by atoms with Crippen LogP contribution < -0.4 is 0 Å². The average Bonchev–Trinajstić information content (AvgIpc) is 3.01. The number of pyridine rings is 1. The summed E-state index contributed by atoms with van der Waals surface area (Å²) < 4.78 is 18.2. The van der Waals surface area contributed by atoms with Crippen molar-refractivity contribution in [2.75, 3.05) is 6.26 Å². The monoisotopic (exact) mass is 432 g/mol. The van der Waals surface area contributed by atoms with Crippen molar-refractivity contribution in [2.45, 2.75) is 11.4 Å². The third-order valence-corrected chi connectivity index (χ3v) is 6.07. The second-order valence-corrected chi connectivity index (χ2v) is 8.71. The summed E-state index contributed by atoms with van der Waals surface area (Å²) in [5, 5.41) is 0.511. The molecule has 0 aliphatic rings. The highest BCUT2D eigenvalue weighted by molar-refractivity contribution is 7.93. The van der Waals surface area contributed by atoms with E-state index in [1.165, 1.54) is 25.0 Å². The van der Waals surface area contributed by atoms with Gasteiger partial charge in [0.1, 0.15) is 5.15 Å². The van der Waals surface area contributed by atoms with Crippen LogP contribution in [0.3, 0.4) is 0 Å². The molecule has 9 heteroatoms. The Bertz CT molecular complexity index is 1200. The Morgan fingerprint density at radius 3 is 2.68 bits per heavy atom. The fourth-order valence-electron chi connectivity index (χ4n) is 2.24. The first-order valence-corrected chi connectivity index (χ1v) is 10.7. The Morgan fingerprint density at radius 1 is 1.25 bits per heavy atom. The molecule has 1 unspecified atom stereocenters. The van der Waals surface area contributed by atoms with E-state index in [1.54, 1.807) is 41.0 Å². The van der Waals surface area contributed by atoms with Gasteiger partial charge in [0.25, 0.3) is 5.91 Å². The number of hydrogen-bond donors (Lipinski definition) is 0. The van der Waals surface area contributed by atoms with Crippen molar-refractivity contribution in [3.05, 3.63) is 76.6 Å². The molecule has 28 heavy (non-hydrogen) atoms. The number of amides is 1. The van der Waals surface area contributed by atoms with Gasteiger partial charge in [-0.2, -0.15) is 4.36 Å². The van der Waals surface area contributed by atoms with E-state index in [2.05, 4.69) is 26.2 Å². The lowest BCUT2D eigenvalue weighted by atomic mass is 10.2. The molecule has 142 valence electrons. The molecule has 0 saturated carbocycles. The fraction of sp³-hybridized carbons (Fsp3) is 0.105. The van der Waals surface area contributed by atoms with Crippen molar-refractivity contribution in [2.24, 2.45) is 4.36 Å². The van der Waals surface area contributed by atoms with E-state index >= 15 is 0 Å². The molecule has 0 bridgehead atoms. The Hall–Kier alpha value is -2.66. The minimum Gasteiger partial charge on any atom is -0.309 e. The third-order valence-electron chi connectivity index (χ3n) is 3.64. The van der Waals surface area contributed by atoms with Crippen LogP contribution in [-0.4, -0.2) is 30.9 Å². The maximum absolute atomic E-state index is 12.8. The molecule has 1 atom stereocenters. The molecular formula is C19H14Cl2N4O2S. The van der Waals surface area contributed by atoms with Crippen molar-refractivity contribution in [1.29, 1.82) is 0 Å². The van der Waals surface area contributed by atoms with Gasteiger partial charge in [0.2, 0.25) is 0 Å². The first-order valence-electron chi connectivity index (χ1n) is 7.98. The summed E-state index contributed by atoms with van der Waals surface area (Å²) >= 11 is 11.8. The summed E-state index contributed by atoms with van der Waals surface area (Å²) in [5.41, 5.74) is 0.728. The molecule has 0 aliphatic heterocycles. The molecule has 1 amide bonds. The van der Waals surface area contributed by atoms with Crippen molar-refractivity contribution >= 4 is 38.8 Å². The average molecular weight is 433 g/mol. The molecule has 0 fully saturated rings. The van der Waals surface area contributed by atoms with Crippen molar-refractivity contribution in [1.82, 2.24) is 14.5 Å². The second kappa shape index (κ2) is 8.57. The molecule has 0 N–H and O–H groups in total. The largest absolute Gasteiger partial charge is 0.309 e. The molecule has 3 aromatic rings. The minimum absolute atomic E-state index is 0.209. The number of imidazole rings is 1. The highest BCUT2D eigenvalue weighted by Crippen LogP contribution is 2.19. The predicted molar refractivity (Wildman–Crippen MR) is 109 cm³/mol. The number of hydrogen-bond acceptors (Lipinski definition) is 4. The standard InChI is InChI=1S/C19H14Cl2N4O2S/c1-28(27,16-7-3-2-4-8-16)24-19(26)15-10-14(11-22-12-15)6-5-9-25-13-23-17(20)18(25)21/h2-4,7-8,10-13H,9H2,1H3. The first-order chi connectivity index (χ1) is 13.4. The lowest BCUT2D eigenvalue weighted by Crippen LogP contribution is -2.04. The quantitative estimate of drug-likeness (QED) is 0.587. The van der Waals surface area contributed by atoms with Crippen LogP contribution in [0.1, 0.15) is 15.9 Å². The Morgan fingerprint density at radius 2 is 2.00 bits per heavy atom. The van der Waals surface area contributed by atoms with E-state index < -0.39 is 15.6 Å². The normalized spacial score (nSPS) is 12.5. The van der Waals surface area contributed by atoms with Crippen molar-refractivity contribution in [3.8, 4) is 11.8 Å². The number of aromatic nitrogens is 3. The van der Waals surface area contributed by atoms with E-state index in [0.717, 1.165) is 0 Å². The van der Waals surface area contributed by atoms with Gasteiger partial charge in [-0.05, 0) is 18.2 Å². The summed E-state index contributed by atoms with van der Waals surface area (Å²) in [6, 6.07) is 10.2. The topological polar surface area (TPSA) is 77.2 Å². The van der Waals surface area contributed by atoms with Crippen LogP contribution >= 0.6 is 23.2 Å². The van der Waals surface area contributed by atoms with Gasteiger partial charge >= 0.3 is 0 Å². The van der Waals surface area contributed by atoms with Gasteiger partial charge in [0.15, 0.2) is 5.15 Å². The molecule has 2 aromatic heterocycles. The van der Waals surface area contributed by atoms with E-state index in [1.807, 2.05) is 0 Å². The van der Waals surface area contributed by atoms with Gasteiger partial charge < -0.3 is 4.57 Å². The lowest BCUT2D eigenvalue weighted by molar-refractivity contribution is 0.100. The fourth-order valence-corrected chi connectivity index (χ4v) is 3.74. The van der Waals surface area contributed by atoms with Gasteiger partial charge in [-0.25, -0.2) is 9.19 Å². The predicted octanol–water partition coefficient (Wildman–Crippen LogP) is 3.93. The van der Waals surface area contributed by atoms with Crippen LogP contribution in [0.4, 0.5) is 0 Å². The number of halogens is 2. The number of carbonyl (C=O) groups excluding carboxylic acids is 1. The van der Waals surface area contributed by atoms with E-state index in [-0.39, 0.29) is 17.3 Å². The lowest BCUT2D eigenvalue weighted by Gasteiger charge is -2.03. The van der Waals surface area contributed by atoms with Gasteiger partial charge in [0, 0.05) is 29.1 Å². The van der Waals surface area contributed by atoms with Crippen LogP contribution in [0.25, 0.3) is 0 Å². The van der Waals surface area contributed by atoms with Crippen LogP contribution in [0, 0.1) is 11.8 Å². The van der Waals surface area contributed by atoms with Crippen LogP contribution in [0.15, 0.2) is 64.4 Å². The Labute approximate surface area is 172 Å². The zero-order chi connectivity index (χ0) is 20.1. The summed E-state index contributed by atoms with van der Waals surface area (Å²) in [6.45, 7) is 0.276. The number of rotatable bonds is 3. The molecule has 1 aromatic carbocycles. The number of nitrogens with zero attached hydrogens (tertiary/aromatic N) is 4. The van der Waals surface area contributed by atoms with E-state index in [9.17, 15) is 9.00 Å². The SMILES string of the molecule is CS(=O)(=NC(=O)c1cncc(C#CCn2cnc(Cl)c2Cl)c1)c1ccccc1. The molecule has 3 rings (SSSR count). The highest BCUT2D eigenvalue weighted by Gasteiger charge is 2.11. The highest BCUT2D eigenvalue weighted by atomic mass is 35.5. The second-order valence-electron chi connectivity index (χ2n) is 5.73. The van der Waals surface area contributed by atoms with Crippen molar-refractivity contribution < 1.29 is 9.00 Å². The first kappa shape index (κ1) is 20.1. The van der Waals surface area contributed by atoms with Gasteiger partial charge in [0.05, 0.1) is 28.2 Å². The summed E-state index contributed by atoms with van der Waals surface area (Å²) in [4.78, 5) is 20.8. The van der Waals surface area contributed by atoms with Gasteiger partial charge in [-0.15, -0.1) is 0 Å². The molecule has 0 spiro atoms. The van der Waals surface area contributed by atoms with Crippen LogP contribution in [0.2, 0.25) is 10.3 Å². The number of benzene rings is 1. The van der Waals surface area contributed by atoms with Crippen LogP contribution in [-0.2, 0) is 16.3 Å². The summed E-state index contributed by atoms with van der Waals surface area (Å²) in [5.74, 6) is 5.18. The van der Waals surface area contributed by atoms with Crippen LogP contribution in [0.5, 0.6) is 0 Å². The minimum atomic E-state index is -2.85. The van der Waals surface area contributed by atoms with Gasteiger partial charge in [-0.1, -0.05) is 53.2 Å². The van der Waals surface area contributed by atoms with Gasteiger partial charge in [-0.3, -0.25) is 9.78 Å². The molecule has 2 heterocycles. The zero-order valence-corrected chi connectivity index (χ0v) is 17.0. The van der Waals surface area contributed by atoms with E-state index in [0.29, 0.717) is 15.6 Å². The maximum atomic E-state index is 12.8. The molecule has 0 radical (unpaired) electrons. The maximum Gasteiger partial charge on any atom is 0.286 e. The number of carbonyl (C=O) groups is 1. The molecular weight excluding hydrogens is 419 g/mol. The Kier molecular flexibility index (Phi) is 6.15. The summed E-state index contributed by atoms with van der Waals surface area (Å²) in [6.07, 6.45) is 5.80. The third kappa shape index (κ3) is 4.78. The smallest absolute Gasteiger partial charge is 0.286 e.